The maximum Gasteiger partial charge on any atom is 0.230 e. The normalized spacial score (nSPS) is 25.8. The van der Waals surface area contributed by atoms with Gasteiger partial charge in [-0.2, -0.15) is 0 Å². The van der Waals surface area contributed by atoms with Crippen LogP contribution in [0.1, 0.15) is 70.1 Å². The number of rotatable bonds is 6. The van der Waals surface area contributed by atoms with Crippen molar-refractivity contribution in [2.45, 2.75) is 76.9 Å². The lowest BCUT2D eigenvalue weighted by Gasteiger charge is -2.41. The molecule has 2 saturated heterocycles. The van der Waals surface area contributed by atoms with Gasteiger partial charge in [-0.25, -0.2) is 0 Å². The number of carbonyl (C=O) groups excluding carboxylic acids is 1. The smallest absolute Gasteiger partial charge is 0.230 e. The SMILES string of the molecule is CC(C)c1nnc(CN2CCC(N3CCCC(C(=O)NC4CC4)C3)CC2)o1. The predicted molar refractivity (Wildman–Crippen MR) is 102 cm³/mol. The van der Waals surface area contributed by atoms with Crippen molar-refractivity contribution in [3.63, 3.8) is 0 Å². The summed E-state index contributed by atoms with van der Waals surface area (Å²) in [5.41, 5.74) is 0. The standard InChI is InChI=1S/C20H33N5O2/c1-14(2)20-23-22-18(27-20)13-24-10-7-17(8-11-24)25-9-3-4-15(12-25)19(26)21-16-5-6-16/h14-17H,3-13H2,1-2H3,(H,21,26). The van der Waals surface area contributed by atoms with Crippen LogP contribution in [0.25, 0.3) is 0 Å². The maximum absolute atomic E-state index is 12.4. The Morgan fingerprint density at radius 1 is 1.15 bits per heavy atom. The molecular formula is C20H33N5O2. The summed E-state index contributed by atoms with van der Waals surface area (Å²) in [5, 5.41) is 11.5. The van der Waals surface area contributed by atoms with E-state index in [2.05, 4.69) is 39.2 Å². The first-order chi connectivity index (χ1) is 13.1. The van der Waals surface area contributed by atoms with Crippen LogP contribution in [0, 0.1) is 5.92 Å². The van der Waals surface area contributed by atoms with E-state index in [-0.39, 0.29) is 17.7 Å². The number of aromatic nitrogens is 2. The Balaban J connectivity index is 1.23. The monoisotopic (exact) mass is 375 g/mol. The van der Waals surface area contributed by atoms with Crippen LogP contribution in [0.5, 0.6) is 0 Å². The molecule has 3 aliphatic rings. The van der Waals surface area contributed by atoms with E-state index in [1.807, 2.05) is 0 Å². The number of hydrogen-bond donors (Lipinski definition) is 1. The van der Waals surface area contributed by atoms with Gasteiger partial charge in [0.2, 0.25) is 17.7 Å². The van der Waals surface area contributed by atoms with Crippen molar-refractivity contribution in [2.24, 2.45) is 5.92 Å². The van der Waals surface area contributed by atoms with Gasteiger partial charge in [0, 0.05) is 37.6 Å². The van der Waals surface area contributed by atoms with Crippen LogP contribution in [-0.4, -0.2) is 64.2 Å². The molecule has 0 spiro atoms. The minimum atomic E-state index is 0.185. The summed E-state index contributed by atoms with van der Waals surface area (Å²) in [6, 6.07) is 1.07. The molecule has 3 fully saturated rings. The molecule has 1 unspecified atom stereocenters. The summed E-state index contributed by atoms with van der Waals surface area (Å²) in [4.78, 5) is 17.4. The minimum absolute atomic E-state index is 0.185. The molecule has 1 aliphatic carbocycles. The van der Waals surface area contributed by atoms with Gasteiger partial charge in [0.1, 0.15) is 0 Å². The van der Waals surface area contributed by atoms with Crippen LogP contribution in [0.4, 0.5) is 0 Å². The highest BCUT2D eigenvalue weighted by Crippen LogP contribution is 2.26. The average molecular weight is 376 g/mol. The molecule has 2 aliphatic heterocycles. The quantitative estimate of drug-likeness (QED) is 0.821. The van der Waals surface area contributed by atoms with Crippen LogP contribution in [0.15, 0.2) is 4.42 Å². The fourth-order valence-corrected chi connectivity index (χ4v) is 4.30. The van der Waals surface area contributed by atoms with Gasteiger partial charge in [-0.1, -0.05) is 13.8 Å². The molecule has 0 radical (unpaired) electrons. The largest absolute Gasteiger partial charge is 0.424 e. The second-order valence-corrected chi connectivity index (χ2v) is 8.81. The van der Waals surface area contributed by atoms with Gasteiger partial charge in [-0.15, -0.1) is 10.2 Å². The molecule has 3 heterocycles. The average Bonchev–Trinajstić information content (AvgIpc) is 3.37. The van der Waals surface area contributed by atoms with E-state index in [4.69, 9.17) is 4.42 Å². The van der Waals surface area contributed by atoms with Crippen molar-refractivity contribution in [1.29, 1.82) is 0 Å². The molecular weight excluding hydrogens is 342 g/mol. The van der Waals surface area contributed by atoms with Gasteiger partial charge >= 0.3 is 0 Å². The summed E-state index contributed by atoms with van der Waals surface area (Å²) in [5.74, 6) is 2.21. The number of likely N-dealkylation sites (tertiary alicyclic amines) is 2. The van der Waals surface area contributed by atoms with E-state index in [1.54, 1.807) is 0 Å². The number of piperidine rings is 2. The number of hydrogen-bond acceptors (Lipinski definition) is 6. The van der Waals surface area contributed by atoms with Crippen LogP contribution >= 0.6 is 0 Å². The van der Waals surface area contributed by atoms with E-state index in [0.717, 1.165) is 70.2 Å². The molecule has 7 heteroatoms. The molecule has 1 amide bonds. The molecule has 27 heavy (non-hydrogen) atoms. The highest BCUT2D eigenvalue weighted by atomic mass is 16.4. The second-order valence-electron chi connectivity index (χ2n) is 8.81. The predicted octanol–water partition coefficient (Wildman–Crippen LogP) is 2.15. The summed E-state index contributed by atoms with van der Waals surface area (Å²) in [6.45, 7) is 9.07. The molecule has 1 aromatic rings. The van der Waals surface area contributed by atoms with Gasteiger partial charge in [-0.05, 0) is 45.1 Å². The Kier molecular flexibility index (Phi) is 5.78. The Morgan fingerprint density at radius 3 is 2.59 bits per heavy atom. The molecule has 1 atom stereocenters. The number of nitrogens with zero attached hydrogens (tertiary/aromatic N) is 4. The third-order valence-corrected chi connectivity index (χ3v) is 6.16. The van der Waals surface area contributed by atoms with Crippen molar-refractivity contribution in [1.82, 2.24) is 25.3 Å². The van der Waals surface area contributed by atoms with Crippen molar-refractivity contribution >= 4 is 5.91 Å². The zero-order chi connectivity index (χ0) is 18.8. The van der Waals surface area contributed by atoms with E-state index < -0.39 is 0 Å². The minimum Gasteiger partial charge on any atom is -0.424 e. The van der Waals surface area contributed by atoms with Gasteiger partial charge < -0.3 is 9.73 Å². The zero-order valence-electron chi connectivity index (χ0n) is 16.7. The van der Waals surface area contributed by atoms with Crippen molar-refractivity contribution < 1.29 is 9.21 Å². The van der Waals surface area contributed by atoms with Gasteiger partial charge in [0.05, 0.1) is 12.5 Å². The van der Waals surface area contributed by atoms with E-state index >= 15 is 0 Å². The molecule has 4 rings (SSSR count). The highest BCUT2D eigenvalue weighted by Gasteiger charge is 2.33. The first-order valence-corrected chi connectivity index (χ1v) is 10.7. The van der Waals surface area contributed by atoms with Crippen molar-refractivity contribution in [3.8, 4) is 0 Å². The van der Waals surface area contributed by atoms with Crippen molar-refractivity contribution in [2.75, 3.05) is 26.2 Å². The van der Waals surface area contributed by atoms with Gasteiger partial charge in [0.25, 0.3) is 0 Å². The third kappa shape index (κ3) is 4.88. The molecule has 1 N–H and O–H groups in total. The van der Waals surface area contributed by atoms with Crippen molar-refractivity contribution in [3.05, 3.63) is 11.8 Å². The van der Waals surface area contributed by atoms with Crippen LogP contribution in [-0.2, 0) is 11.3 Å². The van der Waals surface area contributed by atoms with Crippen LogP contribution < -0.4 is 5.32 Å². The topological polar surface area (TPSA) is 74.5 Å². The Morgan fingerprint density at radius 2 is 1.93 bits per heavy atom. The van der Waals surface area contributed by atoms with Gasteiger partial charge in [0.15, 0.2) is 0 Å². The molecule has 1 saturated carbocycles. The maximum atomic E-state index is 12.4. The van der Waals surface area contributed by atoms with E-state index in [0.29, 0.717) is 12.1 Å². The lowest BCUT2D eigenvalue weighted by molar-refractivity contribution is -0.127. The number of nitrogens with one attached hydrogen (secondary N) is 1. The molecule has 7 nitrogen and oxygen atoms in total. The lowest BCUT2D eigenvalue weighted by Crippen LogP contribution is -2.50. The fraction of sp³-hybridized carbons (Fsp3) is 0.850. The third-order valence-electron chi connectivity index (χ3n) is 6.16. The Labute approximate surface area is 161 Å². The molecule has 0 bridgehead atoms. The Bertz CT molecular complexity index is 634. The van der Waals surface area contributed by atoms with Crippen LogP contribution in [0.2, 0.25) is 0 Å². The summed E-state index contributed by atoms with van der Waals surface area (Å²) < 4.78 is 5.75. The lowest BCUT2D eigenvalue weighted by atomic mass is 9.93. The zero-order valence-corrected chi connectivity index (χ0v) is 16.7. The second kappa shape index (κ2) is 8.27. The highest BCUT2D eigenvalue weighted by molar-refractivity contribution is 5.79. The first-order valence-electron chi connectivity index (χ1n) is 10.7. The first kappa shape index (κ1) is 18.9. The molecule has 150 valence electrons. The van der Waals surface area contributed by atoms with Crippen LogP contribution in [0.3, 0.4) is 0 Å². The number of amides is 1. The molecule has 0 aromatic carbocycles. The molecule has 1 aromatic heterocycles. The Hall–Kier alpha value is -1.47. The summed E-state index contributed by atoms with van der Waals surface area (Å²) in [6.07, 6.45) is 6.83. The summed E-state index contributed by atoms with van der Waals surface area (Å²) >= 11 is 0. The van der Waals surface area contributed by atoms with E-state index in [1.165, 1.54) is 12.8 Å². The fourth-order valence-electron chi connectivity index (χ4n) is 4.30. The number of carbonyl (C=O) groups is 1. The van der Waals surface area contributed by atoms with Gasteiger partial charge in [-0.3, -0.25) is 14.6 Å². The van der Waals surface area contributed by atoms with E-state index in [9.17, 15) is 4.79 Å². The summed E-state index contributed by atoms with van der Waals surface area (Å²) in [7, 11) is 0.